The van der Waals surface area contributed by atoms with Gasteiger partial charge in [-0.1, -0.05) is 15.9 Å². The van der Waals surface area contributed by atoms with Crippen LogP contribution in [0, 0.1) is 0 Å². The van der Waals surface area contributed by atoms with Crippen LogP contribution in [0.3, 0.4) is 0 Å². The minimum Gasteiger partial charge on any atom is -0.460 e. The lowest BCUT2D eigenvalue weighted by Crippen LogP contribution is -2.24. The third kappa shape index (κ3) is 5.78. The quantitative estimate of drug-likeness (QED) is 0.517. The van der Waals surface area contributed by atoms with E-state index in [1.165, 1.54) is 0 Å². The summed E-state index contributed by atoms with van der Waals surface area (Å²) in [6.07, 6.45) is 0.383. The van der Waals surface area contributed by atoms with Crippen molar-refractivity contribution in [3.63, 3.8) is 0 Å². The lowest BCUT2D eigenvalue weighted by Gasteiger charge is -2.19. The molecular weight excluding hydrogens is 314 g/mol. The third-order valence-electron chi connectivity index (χ3n) is 1.96. The minimum absolute atomic E-state index is 0.177. The average Bonchev–Trinajstić information content (AvgIpc) is 2.20. The average molecular weight is 332 g/mol. The second kappa shape index (κ2) is 6.48. The molecule has 0 heterocycles. The Morgan fingerprint density at radius 2 is 2.11 bits per heavy atom. The third-order valence-corrected chi connectivity index (χ3v) is 3.53. The maximum absolute atomic E-state index is 11.5. The number of rotatable bonds is 4. The van der Waals surface area contributed by atoms with Crippen molar-refractivity contribution >= 4 is 39.3 Å². The molecule has 0 amide bonds. The first kappa shape index (κ1) is 15.4. The van der Waals surface area contributed by atoms with Gasteiger partial charge in [0.05, 0.1) is 6.42 Å². The second-order valence-electron chi connectivity index (χ2n) is 4.87. The maximum atomic E-state index is 11.5. The number of nitrogens with two attached hydrogens (primary N) is 1. The van der Waals surface area contributed by atoms with E-state index in [9.17, 15) is 4.79 Å². The lowest BCUT2D eigenvalue weighted by molar-refractivity contribution is -0.154. The number of benzene rings is 1. The largest absolute Gasteiger partial charge is 0.460 e. The van der Waals surface area contributed by atoms with Crippen molar-refractivity contribution in [2.45, 2.75) is 37.7 Å². The van der Waals surface area contributed by atoms with Gasteiger partial charge in [0.25, 0.3) is 0 Å². The van der Waals surface area contributed by atoms with Crippen molar-refractivity contribution in [3.05, 3.63) is 22.7 Å². The fourth-order valence-electron chi connectivity index (χ4n) is 1.27. The SMILES string of the molecule is CC(C)(C)OC(=O)CCSc1cc(Br)ccc1N. The molecule has 2 N–H and O–H groups in total. The summed E-state index contributed by atoms with van der Waals surface area (Å²) in [5.74, 6) is 0.485. The van der Waals surface area contributed by atoms with Crippen LogP contribution in [0.5, 0.6) is 0 Å². The van der Waals surface area contributed by atoms with Crippen molar-refractivity contribution < 1.29 is 9.53 Å². The van der Waals surface area contributed by atoms with Gasteiger partial charge in [0.1, 0.15) is 5.60 Å². The van der Waals surface area contributed by atoms with E-state index in [1.54, 1.807) is 11.8 Å². The highest BCUT2D eigenvalue weighted by molar-refractivity contribution is 9.10. The number of ether oxygens (including phenoxy) is 1. The molecule has 0 unspecified atom stereocenters. The first-order valence-corrected chi connectivity index (χ1v) is 7.45. The fraction of sp³-hybridized carbons (Fsp3) is 0.462. The Labute approximate surface area is 121 Å². The number of carbonyl (C=O) groups is 1. The highest BCUT2D eigenvalue weighted by Crippen LogP contribution is 2.28. The molecule has 1 aromatic carbocycles. The summed E-state index contributed by atoms with van der Waals surface area (Å²) in [6.45, 7) is 5.60. The summed E-state index contributed by atoms with van der Waals surface area (Å²) in [6, 6.07) is 5.70. The maximum Gasteiger partial charge on any atom is 0.307 e. The Kier molecular flexibility index (Phi) is 5.53. The number of anilines is 1. The number of carbonyl (C=O) groups excluding carboxylic acids is 1. The Hall–Kier alpha value is -0.680. The number of halogens is 1. The number of thioether (sulfide) groups is 1. The zero-order valence-electron chi connectivity index (χ0n) is 10.8. The molecule has 3 nitrogen and oxygen atoms in total. The number of hydrogen-bond acceptors (Lipinski definition) is 4. The van der Waals surface area contributed by atoms with Crippen molar-refractivity contribution in [2.24, 2.45) is 0 Å². The van der Waals surface area contributed by atoms with Crippen molar-refractivity contribution in [2.75, 3.05) is 11.5 Å². The fourth-order valence-corrected chi connectivity index (χ4v) is 2.72. The highest BCUT2D eigenvalue weighted by Gasteiger charge is 2.15. The van der Waals surface area contributed by atoms with Gasteiger partial charge < -0.3 is 10.5 Å². The standard InChI is InChI=1S/C13H18BrNO2S/c1-13(2,3)17-12(16)6-7-18-11-8-9(14)4-5-10(11)15/h4-5,8H,6-7,15H2,1-3H3. The van der Waals surface area contributed by atoms with Crippen LogP contribution in [-0.4, -0.2) is 17.3 Å². The van der Waals surface area contributed by atoms with Crippen LogP contribution < -0.4 is 5.73 Å². The first-order valence-electron chi connectivity index (χ1n) is 5.67. The van der Waals surface area contributed by atoms with E-state index in [0.717, 1.165) is 15.1 Å². The molecule has 0 saturated carbocycles. The van der Waals surface area contributed by atoms with Crippen LogP contribution in [0.2, 0.25) is 0 Å². The van der Waals surface area contributed by atoms with Gasteiger partial charge in [-0.2, -0.15) is 0 Å². The van der Waals surface area contributed by atoms with Gasteiger partial charge >= 0.3 is 5.97 Å². The van der Waals surface area contributed by atoms with Gasteiger partial charge in [-0.25, -0.2) is 0 Å². The molecule has 0 aromatic heterocycles. The molecule has 0 radical (unpaired) electrons. The van der Waals surface area contributed by atoms with E-state index in [4.69, 9.17) is 10.5 Å². The molecule has 18 heavy (non-hydrogen) atoms. The molecule has 1 aromatic rings. The second-order valence-corrected chi connectivity index (χ2v) is 6.92. The summed E-state index contributed by atoms with van der Waals surface area (Å²) in [7, 11) is 0. The van der Waals surface area contributed by atoms with Gasteiger partial charge in [0.15, 0.2) is 0 Å². The monoisotopic (exact) mass is 331 g/mol. The van der Waals surface area contributed by atoms with Crippen molar-refractivity contribution in [1.82, 2.24) is 0 Å². The Balaban J connectivity index is 2.42. The molecule has 100 valence electrons. The van der Waals surface area contributed by atoms with E-state index in [0.29, 0.717) is 12.2 Å². The predicted molar refractivity (Wildman–Crippen MR) is 79.7 cm³/mol. The smallest absolute Gasteiger partial charge is 0.307 e. The Morgan fingerprint density at radius 3 is 2.72 bits per heavy atom. The minimum atomic E-state index is -0.420. The summed E-state index contributed by atoms with van der Waals surface area (Å²) in [5.41, 5.74) is 6.16. The van der Waals surface area contributed by atoms with Gasteiger partial charge in [-0.05, 0) is 39.0 Å². The normalized spacial score (nSPS) is 11.3. The molecule has 0 spiro atoms. The zero-order chi connectivity index (χ0) is 13.8. The molecule has 0 aliphatic heterocycles. The molecule has 0 bridgehead atoms. The zero-order valence-corrected chi connectivity index (χ0v) is 13.2. The molecule has 0 aliphatic carbocycles. The van der Waals surface area contributed by atoms with Crippen molar-refractivity contribution in [1.29, 1.82) is 0 Å². The molecule has 0 fully saturated rings. The molecular formula is C13H18BrNO2S. The molecule has 0 atom stereocenters. The molecule has 5 heteroatoms. The van der Waals surface area contributed by atoms with Crippen LogP contribution in [-0.2, 0) is 9.53 Å². The van der Waals surface area contributed by atoms with E-state index in [-0.39, 0.29) is 5.97 Å². The van der Waals surface area contributed by atoms with E-state index in [2.05, 4.69) is 15.9 Å². The van der Waals surface area contributed by atoms with E-state index >= 15 is 0 Å². The van der Waals surface area contributed by atoms with Gasteiger partial charge in [0, 0.05) is 20.8 Å². The van der Waals surface area contributed by atoms with Crippen LogP contribution >= 0.6 is 27.7 Å². The van der Waals surface area contributed by atoms with Crippen LogP contribution in [0.1, 0.15) is 27.2 Å². The summed E-state index contributed by atoms with van der Waals surface area (Å²) in [5, 5.41) is 0. The predicted octanol–water partition coefficient (Wildman–Crippen LogP) is 3.86. The summed E-state index contributed by atoms with van der Waals surface area (Å²) >= 11 is 4.96. The van der Waals surface area contributed by atoms with Crippen LogP contribution in [0.4, 0.5) is 5.69 Å². The van der Waals surface area contributed by atoms with E-state index in [1.807, 2.05) is 39.0 Å². The lowest BCUT2D eigenvalue weighted by atomic mass is 10.2. The molecule has 0 saturated heterocycles. The first-order chi connectivity index (χ1) is 8.28. The number of esters is 1. The van der Waals surface area contributed by atoms with Crippen LogP contribution in [0.25, 0.3) is 0 Å². The van der Waals surface area contributed by atoms with Gasteiger partial charge in [-0.15, -0.1) is 11.8 Å². The van der Waals surface area contributed by atoms with Crippen LogP contribution in [0.15, 0.2) is 27.6 Å². The highest BCUT2D eigenvalue weighted by atomic mass is 79.9. The van der Waals surface area contributed by atoms with Gasteiger partial charge in [0.2, 0.25) is 0 Å². The number of hydrogen-bond donors (Lipinski definition) is 1. The van der Waals surface area contributed by atoms with E-state index < -0.39 is 5.60 Å². The molecule has 0 aliphatic rings. The van der Waals surface area contributed by atoms with Gasteiger partial charge in [-0.3, -0.25) is 4.79 Å². The summed E-state index contributed by atoms with van der Waals surface area (Å²) < 4.78 is 6.22. The summed E-state index contributed by atoms with van der Waals surface area (Å²) in [4.78, 5) is 12.5. The van der Waals surface area contributed by atoms with Crippen molar-refractivity contribution in [3.8, 4) is 0 Å². The topological polar surface area (TPSA) is 52.3 Å². The molecule has 1 rings (SSSR count). The Morgan fingerprint density at radius 1 is 1.44 bits per heavy atom. The number of nitrogen functional groups attached to an aromatic ring is 1. The Bertz CT molecular complexity index is 429.